The number of hydrogen-bond acceptors (Lipinski definition) is 15. The molecule has 0 bridgehead atoms. The summed E-state index contributed by atoms with van der Waals surface area (Å²) in [4.78, 5) is 34.3. The number of aromatic nitrogens is 8. The maximum absolute atomic E-state index is 16.1. The SMILES string of the molecule is Nc1nc2c(ncn2[C@@H]2O[C@@H]3CO[P@@](=O)(S)O[C@H]4[C@@H](F)[C@H](n5cnc6c(N)ncnc65)O[C@@H]4CNS(=O)(=O)[C@H]3[C@@H]2F)c(=O)[nH]1. The number of thiol groups is 1. The van der Waals surface area contributed by atoms with Crippen LogP contribution in [0.3, 0.4) is 0 Å². The molecule has 0 spiro atoms. The van der Waals surface area contributed by atoms with Crippen molar-refractivity contribution < 1.29 is 40.3 Å². The highest BCUT2D eigenvalue weighted by Gasteiger charge is 2.56. The molecule has 7 heterocycles. The van der Waals surface area contributed by atoms with Crippen molar-refractivity contribution in [3.8, 4) is 0 Å². The van der Waals surface area contributed by atoms with Crippen molar-refractivity contribution >= 4 is 63.2 Å². The van der Waals surface area contributed by atoms with Crippen molar-refractivity contribution in [3.05, 3.63) is 29.3 Å². The summed E-state index contributed by atoms with van der Waals surface area (Å²) in [5.74, 6) is -0.273. The van der Waals surface area contributed by atoms with E-state index in [1.165, 1.54) is 10.9 Å². The molecule has 4 aromatic heterocycles. The number of H-pyrrole nitrogens is 1. The van der Waals surface area contributed by atoms with Gasteiger partial charge in [0.15, 0.2) is 47.4 Å². The van der Waals surface area contributed by atoms with Crippen LogP contribution in [-0.2, 0) is 33.1 Å². The van der Waals surface area contributed by atoms with Gasteiger partial charge in [-0.1, -0.05) is 12.2 Å². The molecular formula is C20H22F2N11O8PS2. The van der Waals surface area contributed by atoms with Gasteiger partial charge in [0.05, 0.1) is 19.3 Å². The van der Waals surface area contributed by atoms with Crippen LogP contribution in [0.5, 0.6) is 0 Å². The van der Waals surface area contributed by atoms with Crippen molar-refractivity contribution in [2.24, 2.45) is 0 Å². The zero-order valence-corrected chi connectivity index (χ0v) is 24.5. The number of hydrogen-bond donors (Lipinski definition) is 5. The lowest BCUT2D eigenvalue weighted by Gasteiger charge is -2.23. The average molecular weight is 678 g/mol. The van der Waals surface area contributed by atoms with E-state index in [1.807, 2.05) is 0 Å². The van der Waals surface area contributed by atoms with Crippen molar-refractivity contribution in [1.29, 1.82) is 0 Å². The van der Waals surface area contributed by atoms with Crippen molar-refractivity contribution in [2.45, 2.75) is 48.4 Å². The van der Waals surface area contributed by atoms with Crippen LogP contribution in [0.2, 0.25) is 0 Å². The second-order valence-corrected chi connectivity index (χ2v) is 14.9. The van der Waals surface area contributed by atoms with Gasteiger partial charge in [-0.3, -0.25) is 28.0 Å². The van der Waals surface area contributed by atoms with Crippen LogP contribution in [-0.4, -0.2) is 96.5 Å². The van der Waals surface area contributed by atoms with E-state index in [0.29, 0.717) is 0 Å². The van der Waals surface area contributed by atoms with Gasteiger partial charge in [0, 0.05) is 6.54 Å². The highest BCUT2D eigenvalue weighted by Crippen LogP contribution is 2.57. The first-order valence-corrected chi connectivity index (χ1v) is 17.0. The average Bonchev–Trinajstić information content (AvgIpc) is 3.71. The van der Waals surface area contributed by atoms with Crippen LogP contribution in [0.1, 0.15) is 12.5 Å². The number of aromatic amines is 1. The van der Waals surface area contributed by atoms with Gasteiger partial charge >= 0.3 is 6.80 Å². The number of alkyl halides is 2. The molecular weight excluding hydrogens is 655 g/mol. The molecule has 19 nitrogen and oxygen atoms in total. The molecule has 0 amide bonds. The van der Waals surface area contributed by atoms with Gasteiger partial charge in [-0.05, 0) is 0 Å². The molecule has 3 aliphatic heterocycles. The van der Waals surface area contributed by atoms with E-state index in [2.05, 4.69) is 46.9 Å². The maximum Gasteiger partial charge on any atom is 0.386 e. The van der Waals surface area contributed by atoms with Gasteiger partial charge in [-0.2, -0.15) is 4.98 Å². The number of ether oxygens (including phenoxy) is 2. The zero-order chi connectivity index (χ0) is 31.1. The molecule has 4 aromatic rings. The molecule has 3 aliphatic rings. The Hall–Kier alpha value is -3.31. The molecule has 24 heteroatoms. The highest BCUT2D eigenvalue weighted by molar-refractivity contribution is 8.44. The van der Waals surface area contributed by atoms with Gasteiger partial charge in [-0.25, -0.2) is 46.4 Å². The van der Waals surface area contributed by atoms with Crippen LogP contribution in [0.4, 0.5) is 20.5 Å². The first-order chi connectivity index (χ1) is 20.8. The number of halogens is 2. The molecule has 3 saturated heterocycles. The molecule has 0 radical (unpaired) electrons. The largest absolute Gasteiger partial charge is 0.386 e. The minimum absolute atomic E-state index is 0.0248. The Labute approximate surface area is 249 Å². The zero-order valence-electron chi connectivity index (χ0n) is 21.9. The Morgan fingerprint density at radius 2 is 1.68 bits per heavy atom. The van der Waals surface area contributed by atoms with E-state index < -0.39 is 83.9 Å². The van der Waals surface area contributed by atoms with E-state index in [4.69, 9.17) is 30.0 Å². The van der Waals surface area contributed by atoms with Gasteiger partial charge < -0.3 is 20.9 Å². The highest BCUT2D eigenvalue weighted by atomic mass is 32.7. The summed E-state index contributed by atoms with van der Waals surface area (Å²) in [5, 5.41) is -1.95. The molecule has 3 fully saturated rings. The molecule has 6 N–H and O–H groups in total. The van der Waals surface area contributed by atoms with Gasteiger partial charge in [0.25, 0.3) is 5.56 Å². The lowest BCUT2D eigenvalue weighted by molar-refractivity contribution is -0.0344. The summed E-state index contributed by atoms with van der Waals surface area (Å²) in [6.07, 6.45) is -8.80. The fourth-order valence-corrected chi connectivity index (χ4v) is 8.55. The molecule has 9 atom stereocenters. The Balaban J connectivity index is 1.21. The van der Waals surface area contributed by atoms with Gasteiger partial charge in [-0.15, -0.1) is 0 Å². The predicted molar refractivity (Wildman–Crippen MR) is 148 cm³/mol. The van der Waals surface area contributed by atoms with E-state index in [1.54, 1.807) is 0 Å². The maximum atomic E-state index is 16.1. The van der Waals surface area contributed by atoms with Gasteiger partial charge in [0.2, 0.25) is 16.0 Å². The third-order valence-corrected chi connectivity index (χ3v) is 10.9. The third-order valence-electron chi connectivity index (χ3n) is 7.42. The number of rotatable bonds is 2. The van der Waals surface area contributed by atoms with Crippen LogP contribution in [0.25, 0.3) is 22.3 Å². The number of nitrogens with zero attached hydrogens (tertiary/aromatic N) is 7. The molecule has 236 valence electrons. The number of nitrogens with one attached hydrogen (secondary N) is 2. The lowest BCUT2D eigenvalue weighted by atomic mass is 10.1. The van der Waals surface area contributed by atoms with E-state index >= 15 is 8.78 Å². The van der Waals surface area contributed by atoms with Crippen LogP contribution in [0.15, 0.2) is 23.8 Å². The number of nitrogen functional groups attached to an aromatic ring is 2. The predicted octanol–water partition coefficient (Wildman–Crippen LogP) is -0.664. The second-order valence-electron chi connectivity index (χ2n) is 10.1. The minimum Gasteiger partial charge on any atom is -0.382 e. The lowest BCUT2D eigenvalue weighted by Crippen LogP contribution is -2.48. The molecule has 44 heavy (non-hydrogen) atoms. The number of sulfonamides is 1. The molecule has 0 unspecified atom stereocenters. The topological polar surface area (TPSA) is 259 Å². The van der Waals surface area contributed by atoms with E-state index in [9.17, 15) is 17.8 Å². The number of nitrogens with two attached hydrogens (primary N) is 2. The number of fused-ring (bicyclic) bond motifs is 4. The first kappa shape index (κ1) is 29.4. The molecule has 0 aromatic carbocycles. The number of imidazole rings is 2. The summed E-state index contributed by atoms with van der Waals surface area (Å²) < 4.78 is 99.0. The summed E-state index contributed by atoms with van der Waals surface area (Å²) in [7, 11) is -4.63. The monoisotopic (exact) mass is 677 g/mol. The van der Waals surface area contributed by atoms with Crippen molar-refractivity contribution in [1.82, 2.24) is 43.8 Å². The fourth-order valence-electron chi connectivity index (χ4n) is 5.46. The fraction of sp³-hybridized carbons (Fsp3) is 0.500. The Bertz CT molecular complexity index is 1990. The molecule has 0 aliphatic carbocycles. The smallest absolute Gasteiger partial charge is 0.382 e. The van der Waals surface area contributed by atoms with E-state index in [0.717, 1.165) is 17.2 Å². The van der Waals surface area contributed by atoms with Crippen LogP contribution < -0.4 is 21.7 Å². The quantitative estimate of drug-likeness (QED) is 0.130. The van der Waals surface area contributed by atoms with Gasteiger partial charge in [0.1, 0.15) is 35.4 Å². The number of anilines is 2. The Kier molecular flexibility index (Phi) is 6.93. The van der Waals surface area contributed by atoms with Crippen molar-refractivity contribution in [2.75, 3.05) is 24.6 Å². The van der Waals surface area contributed by atoms with Crippen LogP contribution in [0, 0.1) is 0 Å². The van der Waals surface area contributed by atoms with Crippen LogP contribution >= 0.6 is 19.0 Å². The normalized spacial score (nSPS) is 35.8. The standard InChI is InChI=1S/C20H22F2N11O8PS2/c21-8-12-6(39-18(8)32-4-27-10-14(23)25-3-26-15(10)32)1-29-44(36,37)13-7(2-38-42(35,43)41-12)40-19(9(13)22)33-5-28-11-16(33)30-20(24)31-17(11)34/h3-9,12-13,18-19,29H,1-2H2,(H,35,43)(H2,23,25,26)(H3,24,30,31,34)/t6-,7-,8-,9+,12-,13-,18-,19-,42-/m1/s1. The first-order valence-electron chi connectivity index (χ1n) is 12.7. The Morgan fingerprint density at radius 3 is 2.45 bits per heavy atom. The second kappa shape index (κ2) is 10.4. The third kappa shape index (κ3) is 4.74. The van der Waals surface area contributed by atoms with Crippen molar-refractivity contribution in [3.63, 3.8) is 0 Å². The summed E-state index contributed by atoms with van der Waals surface area (Å²) in [6.45, 7) is -5.88. The molecule has 7 rings (SSSR count). The van der Waals surface area contributed by atoms with E-state index in [-0.39, 0.29) is 34.1 Å². The summed E-state index contributed by atoms with van der Waals surface area (Å²) in [6, 6.07) is 0. The summed E-state index contributed by atoms with van der Waals surface area (Å²) in [5.41, 5.74) is 10.6. The molecule has 0 saturated carbocycles. The summed E-state index contributed by atoms with van der Waals surface area (Å²) >= 11 is 3.94. The Morgan fingerprint density at radius 1 is 1.00 bits per heavy atom. The minimum atomic E-state index is -4.63.